The zero-order valence-corrected chi connectivity index (χ0v) is 17.5. The number of aliphatic carboxylic acids is 1. The van der Waals surface area contributed by atoms with Gasteiger partial charge in [0.2, 0.25) is 17.7 Å². The molecule has 0 aliphatic heterocycles. The molecule has 0 spiro atoms. The van der Waals surface area contributed by atoms with Crippen LogP contribution in [0.3, 0.4) is 0 Å². The smallest absolute Gasteiger partial charge is 0.328 e. The molecule has 10 nitrogen and oxygen atoms in total. The van der Waals surface area contributed by atoms with E-state index >= 15 is 0 Å². The summed E-state index contributed by atoms with van der Waals surface area (Å²) in [7, 11) is 0. The van der Waals surface area contributed by atoms with Crippen molar-refractivity contribution in [2.75, 3.05) is 18.6 Å². The molecule has 162 valence electrons. The van der Waals surface area contributed by atoms with E-state index in [2.05, 4.69) is 16.0 Å². The number of carbonyl (C=O) groups excluding carboxylic acids is 3. The molecule has 11 heteroatoms. The van der Waals surface area contributed by atoms with Crippen LogP contribution < -0.4 is 21.7 Å². The van der Waals surface area contributed by atoms with Gasteiger partial charge in [-0.15, -0.1) is 0 Å². The number of aliphatic hydroxyl groups excluding tert-OH is 1. The lowest BCUT2D eigenvalue weighted by molar-refractivity contribution is -0.144. The van der Waals surface area contributed by atoms with Crippen molar-refractivity contribution in [1.29, 1.82) is 0 Å². The van der Waals surface area contributed by atoms with E-state index in [-0.39, 0.29) is 5.92 Å². The molecule has 0 saturated heterocycles. The van der Waals surface area contributed by atoms with Gasteiger partial charge in [0.05, 0.1) is 18.7 Å². The minimum atomic E-state index is -1.48. The van der Waals surface area contributed by atoms with Gasteiger partial charge in [0, 0.05) is 0 Å². The number of carboxylic acid groups (broad SMARTS) is 1. The first kappa shape index (κ1) is 26.1. The molecule has 0 aliphatic carbocycles. The highest BCUT2D eigenvalue weighted by Gasteiger charge is 2.27. The molecule has 0 aromatic rings. The van der Waals surface area contributed by atoms with E-state index in [9.17, 15) is 24.3 Å². The van der Waals surface area contributed by atoms with Crippen molar-refractivity contribution in [3.8, 4) is 0 Å². The van der Waals surface area contributed by atoms with E-state index in [1.165, 1.54) is 18.7 Å². The Balaban J connectivity index is 4.82. The summed E-state index contributed by atoms with van der Waals surface area (Å²) in [5.74, 6) is -2.63. The van der Waals surface area contributed by atoms with Gasteiger partial charge in [-0.3, -0.25) is 14.4 Å². The first-order valence-electron chi connectivity index (χ1n) is 9.07. The molecule has 0 aromatic heterocycles. The van der Waals surface area contributed by atoms with Gasteiger partial charge in [0.25, 0.3) is 0 Å². The van der Waals surface area contributed by atoms with Gasteiger partial charge in [0.1, 0.15) is 6.04 Å². The first-order chi connectivity index (χ1) is 13.0. The third-order valence-electron chi connectivity index (χ3n) is 4.29. The SMILES string of the molecule is CCC(C)C(N)C(=O)NC(CCSC)C(=O)NCC(=O)NC(C(=O)O)C(C)O. The molecule has 0 aliphatic rings. The van der Waals surface area contributed by atoms with Gasteiger partial charge in [-0.2, -0.15) is 11.8 Å². The van der Waals surface area contributed by atoms with E-state index in [1.54, 1.807) is 0 Å². The van der Waals surface area contributed by atoms with Crippen LogP contribution in [0.4, 0.5) is 0 Å². The third kappa shape index (κ3) is 9.38. The second kappa shape index (κ2) is 13.3. The molecule has 5 atom stereocenters. The van der Waals surface area contributed by atoms with Gasteiger partial charge in [0.15, 0.2) is 6.04 Å². The fourth-order valence-corrected chi connectivity index (χ4v) is 2.66. The summed E-state index contributed by atoms with van der Waals surface area (Å²) in [5, 5.41) is 25.4. The molecule has 0 heterocycles. The highest BCUT2D eigenvalue weighted by atomic mass is 32.2. The molecule has 3 amide bonds. The number of aliphatic hydroxyl groups is 1. The highest BCUT2D eigenvalue weighted by molar-refractivity contribution is 7.98. The van der Waals surface area contributed by atoms with Crippen molar-refractivity contribution in [3.05, 3.63) is 0 Å². The Bertz CT molecular complexity index is 546. The Labute approximate surface area is 169 Å². The number of amides is 3. The summed E-state index contributed by atoms with van der Waals surface area (Å²) < 4.78 is 0. The Kier molecular flexibility index (Phi) is 12.5. The maximum atomic E-state index is 12.4. The zero-order valence-electron chi connectivity index (χ0n) is 16.7. The normalized spacial score (nSPS) is 16.2. The summed E-state index contributed by atoms with van der Waals surface area (Å²) in [6, 6.07) is -3.10. The molecule has 0 saturated carbocycles. The van der Waals surface area contributed by atoms with Gasteiger partial charge >= 0.3 is 5.97 Å². The van der Waals surface area contributed by atoms with E-state index < -0.39 is 54.5 Å². The van der Waals surface area contributed by atoms with Crippen LogP contribution in [0, 0.1) is 5.92 Å². The Hall–Kier alpha value is -1.85. The predicted molar refractivity (Wildman–Crippen MR) is 107 cm³/mol. The van der Waals surface area contributed by atoms with Gasteiger partial charge < -0.3 is 31.9 Å². The van der Waals surface area contributed by atoms with E-state index in [0.717, 1.165) is 0 Å². The van der Waals surface area contributed by atoms with Crippen LogP contribution in [0.1, 0.15) is 33.6 Å². The topological polar surface area (TPSA) is 171 Å². The minimum Gasteiger partial charge on any atom is -0.480 e. The van der Waals surface area contributed by atoms with Crippen molar-refractivity contribution >= 4 is 35.5 Å². The highest BCUT2D eigenvalue weighted by Crippen LogP contribution is 2.07. The summed E-state index contributed by atoms with van der Waals surface area (Å²) in [6.07, 6.45) is 1.62. The number of carboxylic acids is 1. The quantitative estimate of drug-likeness (QED) is 0.213. The molecule has 5 unspecified atom stereocenters. The minimum absolute atomic E-state index is 0.0523. The Morgan fingerprint density at radius 2 is 1.71 bits per heavy atom. The number of rotatable bonds is 13. The number of nitrogens with two attached hydrogens (primary N) is 1. The van der Waals surface area contributed by atoms with Crippen LogP contribution in [-0.4, -0.2) is 76.7 Å². The van der Waals surface area contributed by atoms with E-state index in [4.69, 9.17) is 10.8 Å². The largest absolute Gasteiger partial charge is 0.480 e. The zero-order chi connectivity index (χ0) is 21.9. The number of nitrogens with one attached hydrogen (secondary N) is 3. The fourth-order valence-electron chi connectivity index (χ4n) is 2.19. The average Bonchev–Trinajstić information content (AvgIpc) is 2.65. The van der Waals surface area contributed by atoms with Crippen molar-refractivity contribution in [1.82, 2.24) is 16.0 Å². The summed E-state index contributed by atoms with van der Waals surface area (Å²) in [5.41, 5.74) is 5.89. The molecule has 0 radical (unpaired) electrons. The molecule has 0 rings (SSSR count). The molecule has 0 fully saturated rings. The van der Waals surface area contributed by atoms with Gasteiger partial charge in [-0.05, 0) is 31.3 Å². The summed E-state index contributed by atoms with van der Waals surface area (Å²) >= 11 is 1.50. The number of hydrogen-bond donors (Lipinski definition) is 6. The second-order valence-electron chi connectivity index (χ2n) is 6.60. The lowest BCUT2D eigenvalue weighted by atomic mass is 9.99. The lowest BCUT2D eigenvalue weighted by Crippen LogP contribution is -2.55. The summed E-state index contributed by atoms with van der Waals surface area (Å²) in [4.78, 5) is 47.5. The maximum Gasteiger partial charge on any atom is 0.328 e. The average molecular weight is 421 g/mol. The van der Waals surface area contributed by atoms with Gasteiger partial charge in [-0.25, -0.2) is 4.79 Å². The Morgan fingerprint density at radius 1 is 1.11 bits per heavy atom. The molecule has 28 heavy (non-hydrogen) atoms. The van der Waals surface area contributed by atoms with E-state index in [0.29, 0.717) is 18.6 Å². The van der Waals surface area contributed by atoms with Crippen LogP contribution in [0.2, 0.25) is 0 Å². The van der Waals surface area contributed by atoms with Crippen LogP contribution in [0.15, 0.2) is 0 Å². The van der Waals surface area contributed by atoms with Crippen LogP contribution in [0.5, 0.6) is 0 Å². The summed E-state index contributed by atoms with van der Waals surface area (Å²) in [6.45, 7) is 4.49. The van der Waals surface area contributed by atoms with Crippen LogP contribution in [0.25, 0.3) is 0 Å². The van der Waals surface area contributed by atoms with Crippen molar-refractivity contribution in [2.24, 2.45) is 11.7 Å². The van der Waals surface area contributed by atoms with E-state index in [1.807, 2.05) is 20.1 Å². The molecule has 7 N–H and O–H groups in total. The fraction of sp³-hybridized carbons (Fsp3) is 0.765. The second-order valence-corrected chi connectivity index (χ2v) is 7.58. The Morgan fingerprint density at radius 3 is 2.18 bits per heavy atom. The van der Waals surface area contributed by atoms with Crippen molar-refractivity contribution in [3.63, 3.8) is 0 Å². The lowest BCUT2D eigenvalue weighted by Gasteiger charge is -2.23. The van der Waals surface area contributed by atoms with Gasteiger partial charge in [-0.1, -0.05) is 20.3 Å². The molecular weight excluding hydrogens is 388 g/mol. The monoisotopic (exact) mass is 420 g/mol. The molecule has 0 bridgehead atoms. The number of hydrogen-bond acceptors (Lipinski definition) is 7. The molecule has 0 aromatic carbocycles. The van der Waals surface area contributed by atoms with Crippen LogP contribution >= 0.6 is 11.8 Å². The number of carbonyl (C=O) groups is 4. The third-order valence-corrected chi connectivity index (χ3v) is 4.94. The predicted octanol–water partition coefficient (Wildman–Crippen LogP) is -1.34. The number of thioether (sulfide) groups is 1. The first-order valence-corrected chi connectivity index (χ1v) is 10.5. The standard InChI is InChI=1S/C17H32N4O6S/c1-5-9(2)13(18)16(25)20-11(6-7-28-4)15(24)19-8-12(23)21-14(10(3)22)17(26)27/h9-11,13-14,22H,5-8,18H2,1-4H3,(H,19,24)(H,20,25)(H,21,23)(H,26,27). The maximum absolute atomic E-state index is 12.4. The van der Waals surface area contributed by atoms with Crippen molar-refractivity contribution < 1.29 is 29.4 Å². The van der Waals surface area contributed by atoms with Crippen LogP contribution in [-0.2, 0) is 19.2 Å². The molecular formula is C17H32N4O6S. The van der Waals surface area contributed by atoms with Crippen molar-refractivity contribution in [2.45, 2.75) is 57.8 Å².